The van der Waals surface area contributed by atoms with Crippen LogP contribution < -0.4 is 20.6 Å². The van der Waals surface area contributed by atoms with Gasteiger partial charge in [0.15, 0.2) is 5.75 Å². The van der Waals surface area contributed by atoms with Crippen LogP contribution in [-0.4, -0.2) is 36.6 Å². The van der Waals surface area contributed by atoms with Gasteiger partial charge in [0.05, 0.1) is 17.5 Å². The van der Waals surface area contributed by atoms with Gasteiger partial charge in [-0.2, -0.15) is 13.4 Å². The first kappa shape index (κ1) is 21.4. The maximum atomic E-state index is 11.7. The number of hydrogen-bond acceptors (Lipinski definition) is 8. The summed E-state index contributed by atoms with van der Waals surface area (Å²) < 4.78 is 28.1. The summed E-state index contributed by atoms with van der Waals surface area (Å²) in [4.78, 5) is 20.1. The van der Waals surface area contributed by atoms with Crippen molar-refractivity contribution in [2.24, 2.45) is 11.7 Å². The van der Waals surface area contributed by atoms with E-state index in [0.29, 0.717) is 17.4 Å². The molecule has 0 saturated heterocycles. The van der Waals surface area contributed by atoms with E-state index in [1.807, 2.05) is 27.7 Å². The molecule has 9 nitrogen and oxygen atoms in total. The van der Waals surface area contributed by atoms with E-state index in [4.69, 9.17) is 9.92 Å². The smallest absolute Gasteiger partial charge is 0.306 e. The zero-order chi connectivity index (χ0) is 21.1. The van der Waals surface area contributed by atoms with Crippen molar-refractivity contribution in [1.29, 1.82) is 0 Å². The zero-order valence-electron chi connectivity index (χ0n) is 16.5. The van der Waals surface area contributed by atoms with Gasteiger partial charge >= 0.3 is 10.1 Å². The minimum absolute atomic E-state index is 0.0318. The Bertz CT molecular complexity index is 976. The van der Waals surface area contributed by atoms with E-state index in [0.717, 1.165) is 11.8 Å². The molecule has 2 aromatic rings. The lowest BCUT2D eigenvalue weighted by Gasteiger charge is -2.20. The molecule has 1 amide bonds. The molecule has 0 fully saturated rings. The fourth-order valence-electron chi connectivity index (χ4n) is 2.20. The number of aromatic nitrogens is 2. The highest BCUT2D eigenvalue weighted by Crippen LogP contribution is 2.29. The first-order valence-electron chi connectivity index (χ1n) is 8.66. The molecule has 0 aliphatic carbocycles. The third-order valence-corrected chi connectivity index (χ3v) is 4.53. The number of aryl methyl sites for hydroxylation is 1. The van der Waals surface area contributed by atoms with Gasteiger partial charge < -0.3 is 20.6 Å². The van der Waals surface area contributed by atoms with Gasteiger partial charge in [-0.05, 0) is 37.5 Å². The van der Waals surface area contributed by atoms with Gasteiger partial charge in [0.25, 0.3) is 5.91 Å². The quantitative estimate of drug-likeness (QED) is 0.568. The number of nitrogens with one attached hydrogen (secondary N) is 2. The highest BCUT2D eigenvalue weighted by molar-refractivity contribution is 7.86. The van der Waals surface area contributed by atoms with Crippen LogP contribution in [0.4, 0.5) is 17.5 Å². The monoisotopic (exact) mass is 407 g/mol. The molecular weight excluding hydrogens is 382 g/mol. The Morgan fingerprint density at radius 2 is 1.93 bits per heavy atom. The average Bonchev–Trinajstić information content (AvgIpc) is 2.55. The minimum atomic E-state index is -3.71. The minimum Gasteiger partial charge on any atom is -0.380 e. The van der Waals surface area contributed by atoms with Crippen LogP contribution >= 0.6 is 0 Å². The number of carbonyl (C=O) groups excluding carboxylic acids is 1. The lowest BCUT2D eigenvalue weighted by molar-refractivity contribution is 0.100. The third-order valence-electron chi connectivity index (χ3n) is 4.04. The molecule has 0 aliphatic rings. The van der Waals surface area contributed by atoms with Crippen LogP contribution in [0.5, 0.6) is 5.75 Å². The lowest BCUT2D eigenvalue weighted by Crippen LogP contribution is -2.25. The number of anilines is 3. The van der Waals surface area contributed by atoms with Crippen LogP contribution in [0.15, 0.2) is 24.4 Å². The van der Waals surface area contributed by atoms with Crippen LogP contribution in [0.3, 0.4) is 0 Å². The fourth-order valence-corrected chi connectivity index (χ4v) is 2.66. The van der Waals surface area contributed by atoms with Crippen molar-refractivity contribution in [2.75, 3.05) is 16.9 Å². The second kappa shape index (κ2) is 8.42. The molecule has 1 atom stereocenters. The molecule has 2 rings (SSSR count). The molecule has 0 saturated carbocycles. The molecule has 152 valence electrons. The van der Waals surface area contributed by atoms with Gasteiger partial charge in [0.1, 0.15) is 5.82 Å². The number of primary amides is 1. The van der Waals surface area contributed by atoms with E-state index in [1.54, 1.807) is 18.2 Å². The van der Waals surface area contributed by atoms with Gasteiger partial charge in [-0.1, -0.05) is 19.9 Å². The fraction of sp³-hybridized carbons (Fsp3) is 0.389. The predicted molar refractivity (Wildman–Crippen MR) is 108 cm³/mol. The first-order valence-corrected chi connectivity index (χ1v) is 10.5. The predicted octanol–water partition coefficient (Wildman–Crippen LogP) is 2.42. The Labute approximate surface area is 164 Å². The number of nitrogens with zero attached hydrogens (tertiary/aromatic N) is 2. The summed E-state index contributed by atoms with van der Waals surface area (Å²) in [5.74, 6) is 0.213. The summed E-state index contributed by atoms with van der Waals surface area (Å²) in [5.41, 5.74) is 6.76. The largest absolute Gasteiger partial charge is 0.380 e. The molecule has 0 bridgehead atoms. The molecule has 10 heteroatoms. The summed E-state index contributed by atoms with van der Waals surface area (Å²) in [7, 11) is -3.71. The molecular formula is C18H25N5O4S. The molecule has 1 aromatic heterocycles. The number of nitrogens with two attached hydrogens (primary N) is 1. The number of amides is 1. The van der Waals surface area contributed by atoms with Crippen molar-refractivity contribution in [3.05, 3.63) is 35.5 Å². The van der Waals surface area contributed by atoms with E-state index < -0.39 is 16.0 Å². The topological polar surface area (TPSA) is 136 Å². The van der Waals surface area contributed by atoms with Crippen molar-refractivity contribution in [2.45, 2.75) is 33.7 Å². The van der Waals surface area contributed by atoms with Gasteiger partial charge in [0, 0.05) is 12.2 Å². The number of carbonyl (C=O) groups is 1. The van der Waals surface area contributed by atoms with Crippen LogP contribution in [0.1, 0.15) is 36.7 Å². The molecule has 1 heterocycles. The van der Waals surface area contributed by atoms with Crippen molar-refractivity contribution in [3.63, 3.8) is 0 Å². The second-order valence-corrected chi connectivity index (χ2v) is 8.48. The normalized spacial score (nSPS) is 12.5. The molecule has 28 heavy (non-hydrogen) atoms. The second-order valence-electron chi connectivity index (χ2n) is 6.91. The van der Waals surface area contributed by atoms with E-state index >= 15 is 0 Å². The van der Waals surface area contributed by atoms with Gasteiger partial charge in [-0.25, -0.2) is 4.98 Å². The third kappa shape index (κ3) is 5.81. The average molecular weight is 407 g/mol. The van der Waals surface area contributed by atoms with Crippen molar-refractivity contribution >= 4 is 33.5 Å². The van der Waals surface area contributed by atoms with Crippen molar-refractivity contribution in [1.82, 2.24) is 9.97 Å². The molecule has 0 spiro atoms. The van der Waals surface area contributed by atoms with E-state index in [9.17, 15) is 13.2 Å². The summed E-state index contributed by atoms with van der Waals surface area (Å²) in [6.07, 6.45) is 2.28. The summed E-state index contributed by atoms with van der Waals surface area (Å²) in [6.45, 7) is 7.83. The van der Waals surface area contributed by atoms with Gasteiger partial charge in [0.2, 0.25) is 5.95 Å². The zero-order valence-corrected chi connectivity index (χ0v) is 17.3. The molecule has 0 aliphatic heterocycles. The Morgan fingerprint density at radius 1 is 1.25 bits per heavy atom. The molecule has 0 radical (unpaired) electrons. The molecule has 1 aromatic carbocycles. The Balaban J connectivity index is 2.40. The highest BCUT2D eigenvalue weighted by Gasteiger charge is 2.17. The first-order chi connectivity index (χ1) is 13.0. The van der Waals surface area contributed by atoms with Crippen LogP contribution in [-0.2, 0) is 10.1 Å². The molecule has 1 unspecified atom stereocenters. The van der Waals surface area contributed by atoms with Gasteiger partial charge in [-0.15, -0.1) is 0 Å². The van der Waals surface area contributed by atoms with Crippen molar-refractivity contribution < 1.29 is 17.4 Å². The summed E-state index contributed by atoms with van der Waals surface area (Å²) in [5, 5.41) is 6.09. The number of hydrogen-bond donors (Lipinski definition) is 3. The number of rotatable bonds is 8. The SMILES string of the molecule is Cc1ccc(Nc2ncc(C(N)=O)c(NC(C)C(C)C)n2)c(OS(C)(=O)=O)c1. The Morgan fingerprint density at radius 3 is 2.50 bits per heavy atom. The standard InChI is InChI=1S/C18H25N5O4S/c1-10(2)12(4)21-17-13(16(19)24)9-20-18(23-17)22-14-7-6-11(3)8-15(14)27-28(5,25)26/h6-10,12H,1-5H3,(H2,19,24)(H2,20,21,22,23). The van der Waals surface area contributed by atoms with E-state index in [-0.39, 0.29) is 23.3 Å². The number of benzene rings is 1. The van der Waals surface area contributed by atoms with Crippen molar-refractivity contribution in [3.8, 4) is 5.75 Å². The highest BCUT2D eigenvalue weighted by atomic mass is 32.2. The Kier molecular flexibility index (Phi) is 6.45. The Hall–Kier alpha value is -2.88. The lowest BCUT2D eigenvalue weighted by atomic mass is 10.1. The van der Waals surface area contributed by atoms with E-state index in [2.05, 4.69) is 20.6 Å². The van der Waals surface area contributed by atoms with Crippen LogP contribution in [0.2, 0.25) is 0 Å². The maximum absolute atomic E-state index is 11.7. The maximum Gasteiger partial charge on any atom is 0.306 e. The van der Waals surface area contributed by atoms with Gasteiger partial charge in [-0.3, -0.25) is 4.79 Å². The van der Waals surface area contributed by atoms with Crippen LogP contribution in [0.25, 0.3) is 0 Å². The van der Waals surface area contributed by atoms with Crippen LogP contribution in [0, 0.1) is 12.8 Å². The molecule has 4 N–H and O–H groups in total. The summed E-state index contributed by atoms with van der Waals surface area (Å²) in [6, 6.07) is 5.06. The van der Waals surface area contributed by atoms with E-state index in [1.165, 1.54) is 6.20 Å². The summed E-state index contributed by atoms with van der Waals surface area (Å²) >= 11 is 0.